The largest absolute Gasteiger partial charge is 0.462 e. The lowest BCUT2D eigenvalue weighted by atomic mass is 10.0. The molecule has 3 aromatic rings. The third kappa shape index (κ3) is 10.1. The first kappa shape index (κ1) is 30.4. The highest BCUT2D eigenvalue weighted by atomic mass is 19.4. The molecule has 7 heteroatoms. The fourth-order valence-corrected chi connectivity index (χ4v) is 4.12. The van der Waals surface area contributed by atoms with Gasteiger partial charge in [0.2, 0.25) is 0 Å². The van der Waals surface area contributed by atoms with E-state index in [0.29, 0.717) is 24.8 Å². The Kier molecular flexibility index (Phi) is 12.0. The van der Waals surface area contributed by atoms with Crippen LogP contribution in [0.5, 0.6) is 0 Å². The van der Waals surface area contributed by atoms with Gasteiger partial charge in [-0.25, -0.2) is 4.79 Å². The van der Waals surface area contributed by atoms with Crippen LogP contribution in [0.2, 0.25) is 0 Å². The molecule has 1 unspecified atom stereocenters. The Labute approximate surface area is 229 Å². The van der Waals surface area contributed by atoms with Gasteiger partial charge in [-0.15, -0.1) is 0 Å². The molecule has 4 nitrogen and oxygen atoms in total. The maximum absolute atomic E-state index is 12.4. The van der Waals surface area contributed by atoms with Crippen molar-refractivity contribution >= 4 is 5.97 Å². The molecule has 0 spiro atoms. The lowest BCUT2D eigenvalue weighted by Gasteiger charge is -2.16. The van der Waals surface area contributed by atoms with E-state index in [1.54, 1.807) is 12.1 Å². The Hall–Kier alpha value is -3.19. The Morgan fingerprint density at radius 1 is 0.795 bits per heavy atom. The maximum Gasteiger partial charge on any atom is 0.414 e. The van der Waals surface area contributed by atoms with Gasteiger partial charge in [-0.05, 0) is 68.4 Å². The van der Waals surface area contributed by atoms with Gasteiger partial charge >= 0.3 is 12.1 Å². The minimum absolute atomic E-state index is 0.0662. The fraction of sp³-hybridized carbons (Fsp3) is 0.438. The first-order valence-electron chi connectivity index (χ1n) is 13.8. The van der Waals surface area contributed by atoms with Gasteiger partial charge in [0.15, 0.2) is 6.10 Å². The molecule has 0 amide bonds. The molecule has 0 fully saturated rings. The predicted octanol–water partition coefficient (Wildman–Crippen LogP) is 8.83. The predicted molar refractivity (Wildman–Crippen MR) is 149 cm³/mol. The minimum Gasteiger partial charge on any atom is -0.462 e. The number of pyridine rings is 1. The molecule has 0 saturated carbocycles. The van der Waals surface area contributed by atoms with Crippen LogP contribution in [0, 0.1) is 0 Å². The van der Waals surface area contributed by atoms with Gasteiger partial charge in [0.25, 0.3) is 0 Å². The topological polar surface area (TPSA) is 48.4 Å². The third-order valence-electron chi connectivity index (χ3n) is 6.64. The number of esters is 1. The van der Waals surface area contributed by atoms with E-state index in [1.165, 1.54) is 24.8 Å². The Morgan fingerprint density at radius 3 is 2.05 bits per heavy atom. The van der Waals surface area contributed by atoms with Gasteiger partial charge in [-0.3, -0.25) is 4.98 Å². The van der Waals surface area contributed by atoms with Crippen molar-refractivity contribution in [2.45, 2.75) is 77.5 Å². The number of ether oxygens (including phenoxy) is 2. The molecular weight excluding hydrogens is 503 g/mol. The normalized spacial score (nSPS) is 12.3. The quantitative estimate of drug-likeness (QED) is 0.142. The number of halogens is 3. The molecule has 2 aromatic carbocycles. The summed E-state index contributed by atoms with van der Waals surface area (Å²) < 4.78 is 47.3. The van der Waals surface area contributed by atoms with Crippen molar-refractivity contribution in [1.82, 2.24) is 4.98 Å². The summed E-state index contributed by atoms with van der Waals surface area (Å²) >= 11 is 0. The SMILES string of the molecule is CCCCCc1ccc(-c2ccc(-c3ccc(C(=O)OCCCCCCOC(C)C(F)(F)F)cc3)nc2)cc1. The van der Waals surface area contributed by atoms with Crippen molar-refractivity contribution in [3.05, 3.63) is 78.0 Å². The van der Waals surface area contributed by atoms with Gasteiger partial charge < -0.3 is 9.47 Å². The van der Waals surface area contributed by atoms with E-state index in [2.05, 4.69) is 42.2 Å². The fourth-order valence-electron chi connectivity index (χ4n) is 4.12. The number of carbonyl (C=O) groups is 1. The standard InChI is InChI=1S/C32H38F3NO3/c1-3-4-7-10-25-11-13-26(14-12-25)29-19-20-30(36-23-29)27-15-17-28(18-16-27)31(37)39-22-9-6-5-8-21-38-24(2)32(33,34)35/h11-20,23-24H,3-10,21-22H2,1-2H3. The van der Waals surface area contributed by atoms with Crippen molar-refractivity contribution < 1.29 is 27.4 Å². The molecular formula is C32H38F3NO3. The van der Waals surface area contributed by atoms with E-state index in [4.69, 9.17) is 9.47 Å². The highest BCUT2D eigenvalue weighted by molar-refractivity contribution is 5.90. The molecule has 1 atom stereocenters. The minimum atomic E-state index is -4.33. The van der Waals surface area contributed by atoms with Crippen LogP contribution in [0.4, 0.5) is 13.2 Å². The van der Waals surface area contributed by atoms with Crippen molar-refractivity contribution in [2.75, 3.05) is 13.2 Å². The molecule has 210 valence electrons. The summed E-state index contributed by atoms with van der Waals surface area (Å²) in [6.07, 6.45) is 3.26. The lowest BCUT2D eigenvalue weighted by Crippen LogP contribution is -2.28. The highest BCUT2D eigenvalue weighted by Gasteiger charge is 2.36. The zero-order valence-corrected chi connectivity index (χ0v) is 22.8. The first-order valence-corrected chi connectivity index (χ1v) is 13.8. The third-order valence-corrected chi connectivity index (χ3v) is 6.64. The number of rotatable bonds is 15. The van der Waals surface area contributed by atoms with Crippen molar-refractivity contribution in [2.24, 2.45) is 0 Å². The summed E-state index contributed by atoms with van der Waals surface area (Å²) in [4.78, 5) is 16.9. The van der Waals surface area contributed by atoms with E-state index in [1.807, 2.05) is 24.4 Å². The van der Waals surface area contributed by atoms with Crippen molar-refractivity contribution in [3.8, 4) is 22.4 Å². The molecule has 3 rings (SSSR count). The van der Waals surface area contributed by atoms with Gasteiger partial charge in [-0.1, -0.05) is 68.7 Å². The molecule has 0 aliphatic rings. The second-order valence-electron chi connectivity index (χ2n) is 9.77. The van der Waals surface area contributed by atoms with E-state index >= 15 is 0 Å². The summed E-state index contributed by atoms with van der Waals surface area (Å²) in [6.45, 7) is 3.55. The van der Waals surface area contributed by atoms with Gasteiger partial charge in [0.05, 0.1) is 17.9 Å². The molecule has 1 heterocycles. The number of aromatic nitrogens is 1. The number of nitrogens with zero attached hydrogens (tertiary/aromatic N) is 1. The highest BCUT2D eigenvalue weighted by Crippen LogP contribution is 2.24. The van der Waals surface area contributed by atoms with Crippen molar-refractivity contribution in [3.63, 3.8) is 0 Å². The van der Waals surface area contributed by atoms with Gasteiger partial charge in [0.1, 0.15) is 0 Å². The van der Waals surface area contributed by atoms with Crippen LogP contribution in [0.15, 0.2) is 66.9 Å². The van der Waals surface area contributed by atoms with Crippen LogP contribution in [0.25, 0.3) is 22.4 Å². The monoisotopic (exact) mass is 541 g/mol. The number of alkyl halides is 3. The van der Waals surface area contributed by atoms with Crippen LogP contribution in [-0.4, -0.2) is 36.4 Å². The average Bonchev–Trinajstić information content (AvgIpc) is 2.94. The zero-order valence-electron chi connectivity index (χ0n) is 22.8. The van der Waals surface area contributed by atoms with Gasteiger partial charge in [0, 0.05) is 23.9 Å². The van der Waals surface area contributed by atoms with Crippen LogP contribution < -0.4 is 0 Å². The Bertz CT molecular complexity index is 1130. The van der Waals surface area contributed by atoms with E-state index in [0.717, 1.165) is 42.1 Å². The Balaban J connectivity index is 1.39. The molecule has 0 bridgehead atoms. The summed E-state index contributed by atoms with van der Waals surface area (Å²) in [7, 11) is 0. The number of benzene rings is 2. The number of aryl methyl sites for hydroxylation is 1. The summed E-state index contributed by atoms with van der Waals surface area (Å²) in [5.41, 5.74) is 5.75. The molecule has 0 N–H and O–H groups in total. The molecule has 0 saturated heterocycles. The summed E-state index contributed by atoms with van der Waals surface area (Å²) in [5, 5.41) is 0. The number of hydrogen-bond donors (Lipinski definition) is 0. The Morgan fingerprint density at radius 2 is 1.44 bits per heavy atom. The van der Waals surface area contributed by atoms with E-state index in [9.17, 15) is 18.0 Å². The molecule has 0 aliphatic carbocycles. The molecule has 0 radical (unpaired) electrons. The van der Waals surface area contributed by atoms with E-state index < -0.39 is 18.2 Å². The summed E-state index contributed by atoms with van der Waals surface area (Å²) in [6, 6.07) is 19.9. The number of hydrogen-bond acceptors (Lipinski definition) is 4. The second kappa shape index (κ2) is 15.4. The molecule has 0 aliphatic heterocycles. The lowest BCUT2D eigenvalue weighted by molar-refractivity contribution is -0.214. The summed E-state index contributed by atoms with van der Waals surface area (Å²) in [5.74, 6) is -0.398. The maximum atomic E-state index is 12.4. The van der Waals surface area contributed by atoms with Crippen LogP contribution in [0.1, 0.15) is 74.7 Å². The molecule has 1 aromatic heterocycles. The second-order valence-corrected chi connectivity index (χ2v) is 9.77. The van der Waals surface area contributed by atoms with Crippen LogP contribution >= 0.6 is 0 Å². The number of unbranched alkanes of at least 4 members (excludes halogenated alkanes) is 5. The molecule has 39 heavy (non-hydrogen) atoms. The van der Waals surface area contributed by atoms with Crippen LogP contribution in [0.3, 0.4) is 0 Å². The van der Waals surface area contributed by atoms with Crippen LogP contribution in [-0.2, 0) is 15.9 Å². The van der Waals surface area contributed by atoms with Crippen molar-refractivity contribution in [1.29, 1.82) is 0 Å². The van der Waals surface area contributed by atoms with E-state index in [-0.39, 0.29) is 13.2 Å². The van der Waals surface area contributed by atoms with Gasteiger partial charge in [-0.2, -0.15) is 13.2 Å². The first-order chi connectivity index (χ1) is 18.8. The zero-order chi connectivity index (χ0) is 28.1. The smallest absolute Gasteiger partial charge is 0.414 e. The average molecular weight is 542 g/mol. The number of carbonyl (C=O) groups excluding carboxylic acids is 1.